The SMILES string of the molecule is CCCCCC1CCC(c2ccc(C(=O)OC(Cc3ccccc3)C(=O)c3ccc(C4CCC(CCCCC)CC4)cc3)cc2)CC1. The number of hydrogen-bond donors (Lipinski definition) is 0. The number of ether oxygens (including phenoxy) is 1. The fraction of sp³-hybridized carbons (Fsp3) is 0.545. The summed E-state index contributed by atoms with van der Waals surface area (Å²) in [6.07, 6.45) is 20.4. The smallest absolute Gasteiger partial charge is 0.338 e. The van der Waals surface area contributed by atoms with Gasteiger partial charge in [0.2, 0.25) is 5.78 Å². The summed E-state index contributed by atoms with van der Waals surface area (Å²) >= 11 is 0. The molecule has 3 aromatic rings. The lowest BCUT2D eigenvalue weighted by Crippen LogP contribution is -2.30. The Bertz CT molecular complexity index is 1340. The van der Waals surface area contributed by atoms with E-state index in [4.69, 9.17) is 4.74 Å². The molecule has 0 amide bonds. The second kappa shape index (κ2) is 18.4. The van der Waals surface area contributed by atoms with Crippen LogP contribution in [0.4, 0.5) is 0 Å². The minimum absolute atomic E-state index is 0.138. The lowest BCUT2D eigenvalue weighted by Gasteiger charge is -2.29. The summed E-state index contributed by atoms with van der Waals surface area (Å²) in [7, 11) is 0. The molecule has 3 aromatic carbocycles. The normalized spacial score (nSPS) is 22.0. The van der Waals surface area contributed by atoms with Gasteiger partial charge in [0, 0.05) is 12.0 Å². The maximum Gasteiger partial charge on any atom is 0.338 e. The van der Waals surface area contributed by atoms with Gasteiger partial charge < -0.3 is 4.74 Å². The highest BCUT2D eigenvalue weighted by Gasteiger charge is 2.28. The van der Waals surface area contributed by atoms with Gasteiger partial charge in [0.25, 0.3) is 0 Å². The largest absolute Gasteiger partial charge is 0.450 e. The Balaban J connectivity index is 1.19. The number of unbranched alkanes of at least 4 members (excludes halogenated alkanes) is 4. The van der Waals surface area contributed by atoms with E-state index in [9.17, 15) is 9.59 Å². The summed E-state index contributed by atoms with van der Waals surface area (Å²) in [5.41, 5.74) is 4.74. The van der Waals surface area contributed by atoms with E-state index >= 15 is 0 Å². The first kappa shape index (κ1) is 35.1. The van der Waals surface area contributed by atoms with Crippen LogP contribution in [0.15, 0.2) is 78.9 Å². The van der Waals surface area contributed by atoms with Gasteiger partial charge in [-0.25, -0.2) is 4.79 Å². The molecule has 2 saturated carbocycles. The van der Waals surface area contributed by atoms with Crippen LogP contribution in [0.3, 0.4) is 0 Å². The topological polar surface area (TPSA) is 43.4 Å². The zero-order valence-electron chi connectivity index (χ0n) is 29.1. The summed E-state index contributed by atoms with van der Waals surface area (Å²) in [6, 6.07) is 26.0. The van der Waals surface area contributed by atoms with Crippen LogP contribution in [0.25, 0.3) is 0 Å². The van der Waals surface area contributed by atoms with E-state index in [1.165, 1.54) is 114 Å². The Morgan fingerprint density at radius 1 is 0.596 bits per heavy atom. The van der Waals surface area contributed by atoms with Gasteiger partial charge in [0.05, 0.1) is 5.56 Å². The molecule has 5 rings (SSSR count). The predicted octanol–water partition coefficient (Wildman–Crippen LogP) is 12.0. The van der Waals surface area contributed by atoms with E-state index in [1.807, 2.05) is 54.6 Å². The molecule has 1 unspecified atom stereocenters. The van der Waals surface area contributed by atoms with E-state index < -0.39 is 12.1 Å². The van der Waals surface area contributed by atoms with Crippen molar-refractivity contribution in [3.05, 3.63) is 107 Å². The molecule has 3 heteroatoms. The molecule has 1 atom stereocenters. The van der Waals surface area contributed by atoms with Crippen molar-refractivity contribution in [1.29, 1.82) is 0 Å². The zero-order chi connectivity index (χ0) is 32.8. The highest BCUT2D eigenvalue weighted by Crippen LogP contribution is 2.39. The first-order valence-corrected chi connectivity index (χ1v) is 19.0. The Hall–Kier alpha value is -3.20. The monoisotopic (exact) mass is 634 g/mol. The first-order chi connectivity index (χ1) is 23.0. The maximum atomic E-state index is 13.9. The molecule has 0 spiro atoms. The number of rotatable bonds is 16. The number of Topliss-reactive ketones (excluding diaryl/α,β-unsaturated/α-hetero) is 1. The summed E-state index contributed by atoms with van der Waals surface area (Å²) < 4.78 is 6.01. The molecule has 0 radical (unpaired) electrons. The van der Waals surface area contributed by atoms with E-state index in [-0.39, 0.29) is 5.78 Å². The van der Waals surface area contributed by atoms with Crippen LogP contribution in [0, 0.1) is 11.8 Å². The van der Waals surface area contributed by atoms with Gasteiger partial charge in [0.1, 0.15) is 0 Å². The third-order valence-electron chi connectivity index (χ3n) is 11.2. The quantitative estimate of drug-likeness (QED) is 0.0894. The lowest BCUT2D eigenvalue weighted by molar-refractivity contribution is 0.0285. The third-order valence-corrected chi connectivity index (χ3v) is 11.2. The van der Waals surface area contributed by atoms with Crippen molar-refractivity contribution < 1.29 is 14.3 Å². The summed E-state index contributed by atoms with van der Waals surface area (Å²) in [4.78, 5) is 27.3. The van der Waals surface area contributed by atoms with E-state index in [1.54, 1.807) is 0 Å². The molecule has 0 bridgehead atoms. The average Bonchev–Trinajstić information content (AvgIpc) is 3.12. The van der Waals surface area contributed by atoms with Gasteiger partial charge in [-0.3, -0.25) is 4.79 Å². The molecular formula is C44H58O3. The summed E-state index contributed by atoms with van der Waals surface area (Å²) in [5.74, 6) is 2.33. The highest BCUT2D eigenvalue weighted by atomic mass is 16.5. The van der Waals surface area contributed by atoms with E-state index in [0.29, 0.717) is 29.4 Å². The number of carbonyl (C=O) groups is 2. The van der Waals surface area contributed by atoms with E-state index in [2.05, 4.69) is 38.1 Å². The van der Waals surface area contributed by atoms with Crippen LogP contribution >= 0.6 is 0 Å². The minimum Gasteiger partial charge on any atom is -0.450 e. The van der Waals surface area contributed by atoms with Gasteiger partial charge >= 0.3 is 5.97 Å². The van der Waals surface area contributed by atoms with Crippen molar-refractivity contribution in [2.45, 2.75) is 141 Å². The van der Waals surface area contributed by atoms with Gasteiger partial charge in [0.15, 0.2) is 6.10 Å². The fourth-order valence-corrected chi connectivity index (χ4v) is 8.15. The standard InChI is InChI=1S/C44H58O3/c1-3-5-8-12-33-16-20-36(21-17-33)38-24-28-40(29-25-38)43(45)42(32-35-14-10-7-11-15-35)47-44(46)41-30-26-39(27-31-41)37-22-18-34(19-23-37)13-9-6-4-2/h7,10-11,14-15,24-31,33-34,36-37,42H,3-6,8-9,12-13,16-23,32H2,1-2H3. The van der Waals surface area contributed by atoms with Crippen molar-refractivity contribution in [3.63, 3.8) is 0 Å². The number of esters is 1. The molecule has 252 valence electrons. The average molecular weight is 635 g/mol. The summed E-state index contributed by atoms with van der Waals surface area (Å²) in [5, 5.41) is 0. The molecular weight excluding hydrogens is 576 g/mol. The molecule has 2 aliphatic rings. The van der Waals surface area contributed by atoms with Crippen molar-refractivity contribution in [2.75, 3.05) is 0 Å². The Morgan fingerprint density at radius 2 is 1.06 bits per heavy atom. The molecule has 0 N–H and O–H groups in total. The van der Waals surface area contributed by atoms with Crippen LogP contribution < -0.4 is 0 Å². The van der Waals surface area contributed by atoms with Crippen LogP contribution in [0.2, 0.25) is 0 Å². The predicted molar refractivity (Wildman–Crippen MR) is 194 cm³/mol. The molecule has 0 heterocycles. The lowest BCUT2D eigenvalue weighted by atomic mass is 9.77. The Kier molecular flexibility index (Phi) is 13.7. The third kappa shape index (κ3) is 10.4. The molecule has 2 aliphatic carbocycles. The molecule has 47 heavy (non-hydrogen) atoms. The fourth-order valence-electron chi connectivity index (χ4n) is 8.15. The van der Waals surface area contributed by atoms with Crippen molar-refractivity contribution in [2.24, 2.45) is 11.8 Å². The number of benzene rings is 3. The number of carbonyl (C=O) groups excluding carboxylic acids is 2. The number of ketones is 1. The zero-order valence-corrected chi connectivity index (χ0v) is 29.1. The van der Waals surface area contributed by atoms with Crippen LogP contribution in [0.5, 0.6) is 0 Å². The summed E-state index contributed by atoms with van der Waals surface area (Å²) in [6.45, 7) is 4.55. The molecule has 0 aromatic heterocycles. The van der Waals surface area contributed by atoms with Crippen LogP contribution in [0.1, 0.15) is 166 Å². The van der Waals surface area contributed by atoms with Crippen molar-refractivity contribution >= 4 is 11.8 Å². The van der Waals surface area contributed by atoms with Gasteiger partial charge in [-0.1, -0.05) is 132 Å². The minimum atomic E-state index is -0.878. The van der Waals surface area contributed by atoms with Crippen molar-refractivity contribution in [1.82, 2.24) is 0 Å². The second-order valence-corrected chi connectivity index (χ2v) is 14.6. The highest BCUT2D eigenvalue weighted by molar-refractivity contribution is 6.01. The van der Waals surface area contributed by atoms with Crippen molar-refractivity contribution in [3.8, 4) is 0 Å². The van der Waals surface area contributed by atoms with E-state index in [0.717, 1.165) is 17.4 Å². The Labute approximate surface area is 284 Å². The second-order valence-electron chi connectivity index (χ2n) is 14.6. The van der Waals surface area contributed by atoms with Gasteiger partial charge in [-0.2, -0.15) is 0 Å². The first-order valence-electron chi connectivity index (χ1n) is 19.0. The maximum absolute atomic E-state index is 13.9. The molecule has 2 fully saturated rings. The molecule has 0 saturated heterocycles. The van der Waals surface area contributed by atoms with Gasteiger partial charge in [-0.15, -0.1) is 0 Å². The van der Waals surface area contributed by atoms with Crippen LogP contribution in [-0.2, 0) is 11.2 Å². The molecule has 3 nitrogen and oxygen atoms in total. The van der Waals surface area contributed by atoms with Gasteiger partial charge in [-0.05, 0) is 104 Å². The van der Waals surface area contributed by atoms with Crippen LogP contribution in [-0.4, -0.2) is 17.9 Å². The number of hydrogen-bond acceptors (Lipinski definition) is 3. The molecule has 0 aliphatic heterocycles. The Morgan fingerprint density at radius 3 is 1.53 bits per heavy atom.